The summed E-state index contributed by atoms with van der Waals surface area (Å²) in [6.07, 6.45) is 2.71. The van der Waals surface area contributed by atoms with Crippen LogP contribution in [0.1, 0.15) is 40.4 Å². The van der Waals surface area contributed by atoms with E-state index in [4.69, 9.17) is 9.47 Å². The standard InChI is InChI=1S/C20H24N2O4/c1-12-4-6-16(17(8-12)25-2)20(24)22-19(14-9-15(23)10-14)13-5-7-18(26-3)21-11-13/h4-8,11,14-15,19,23H,9-10H2,1-3H3,(H,22,24)/t14?,15?,19-/m1/s1. The highest BCUT2D eigenvalue weighted by Crippen LogP contribution is 2.38. The molecule has 1 atom stereocenters. The first-order chi connectivity index (χ1) is 12.5. The maximum atomic E-state index is 12.9. The number of aliphatic hydroxyl groups excluding tert-OH is 1. The Hall–Kier alpha value is -2.60. The highest BCUT2D eigenvalue weighted by atomic mass is 16.5. The summed E-state index contributed by atoms with van der Waals surface area (Å²) in [7, 11) is 3.12. The summed E-state index contributed by atoms with van der Waals surface area (Å²) in [5, 5.41) is 12.8. The Bertz CT molecular complexity index is 770. The van der Waals surface area contributed by atoms with E-state index in [-0.39, 0.29) is 24.0 Å². The van der Waals surface area contributed by atoms with Crippen LogP contribution in [0.5, 0.6) is 11.6 Å². The van der Waals surface area contributed by atoms with Crippen LogP contribution in [0.25, 0.3) is 0 Å². The van der Waals surface area contributed by atoms with Crippen molar-refractivity contribution in [2.45, 2.75) is 31.9 Å². The number of hydrogen-bond acceptors (Lipinski definition) is 5. The quantitative estimate of drug-likeness (QED) is 0.832. The van der Waals surface area contributed by atoms with Crippen LogP contribution in [0.2, 0.25) is 0 Å². The number of aliphatic hydroxyl groups is 1. The van der Waals surface area contributed by atoms with E-state index >= 15 is 0 Å². The van der Waals surface area contributed by atoms with Crippen LogP contribution >= 0.6 is 0 Å². The van der Waals surface area contributed by atoms with Gasteiger partial charge in [-0.1, -0.05) is 12.1 Å². The minimum absolute atomic E-state index is 0.167. The highest BCUT2D eigenvalue weighted by molar-refractivity contribution is 5.97. The van der Waals surface area contributed by atoms with Crippen molar-refractivity contribution in [3.8, 4) is 11.6 Å². The molecule has 6 nitrogen and oxygen atoms in total. The monoisotopic (exact) mass is 356 g/mol. The van der Waals surface area contributed by atoms with E-state index in [9.17, 15) is 9.90 Å². The van der Waals surface area contributed by atoms with Crippen LogP contribution in [0.15, 0.2) is 36.5 Å². The number of methoxy groups -OCH3 is 2. The predicted molar refractivity (Wildman–Crippen MR) is 97.5 cm³/mol. The van der Waals surface area contributed by atoms with Crippen molar-refractivity contribution in [2.24, 2.45) is 5.92 Å². The molecule has 1 amide bonds. The van der Waals surface area contributed by atoms with Crippen molar-refractivity contribution in [2.75, 3.05) is 14.2 Å². The topological polar surface area (TPSA) is 80.7 Å². The van der Waals surface area contributed by atoms with Crippen molar-refractivity contribution in [3.63, 3.8) is 0 Å². The van der Waals surface area contributed by atoms with E-state index in [0.717, 1.165) is 11.1 Å². The fraction of sp³-hybridized carbons (Fsp3) is 0.400. The maximum absolute atomic E-state index is 12.9. The Kier molecular flexibility index (Phi) is 5.42. The molecule has 1 aliphatic carbocycles. The van der Waals surface area contributed by atoms with Gasteiger partial charge in [-0.2, -0.15) is 0 Å². The molecule has 1 fully saturated rings. The molecule has 0 aliphatic heterocycles. The van der Waals surface area contributed by atoms with E-state index in [2.05, 4.69) is 10.3 Å². The zero-order chi connectivity index (χ0) is 18.7. The molecule has 0 saturated heterocycles. The molecular weight excluding hydrogens is 332 g/mol. The smallest absolute Gasteiger partial charge is 0.255 e. The molecule has 1 saturated carbocycles. The molecule has 3 rings (SSSR count). The summed E-state index contributed by atoms with van der Waals surface area (Å²) in [4.78, 5) is 17.1. The molecule has 2 aromatic rings. The lowest BCUT2D eigenvalue weighted by Gasteiger charge is -2.38. The molecule has 0 unspecified atom stereocenters. The molecule has 0 bridgehead atoms. The van der Waals surface area contributed by atoms with Gasteiger partial charge in [-0.3, -0.25) is 4.79 Å². The minimum atomic E-state index is -0.306. The van der Waals surface area contributed by atoms with Gasteiger partial charge in [0, 0.05) is 12.3 Å². The fourth-order valence-corrected chi connectivity index (χ4v) is 3.28. The molecule has 2 N–H and O–H groups in total. The fourth-order valence-electron chi connectivity index (χ4n) is 3.28. The molecule has 0 radical (unpaired) electrons. The number of aromatic nitrogens is 1. The third-order valence-electron chi connectivity index (χ3n) is 4.84. The summed E-state index contributed by atoms with van der Waals surface area (Å²) in [5.74, 6) is 1.03. The second-order valence-corrected chi connectivity index (χ2v) is 6.67. The molecule has 26 heavy (non-hydrogen) atoms. The molecule has 1 aliphatic rings. The predicted octanol–water partition coefficient (Wildman–Crippen LogP) is 2.65. The molecule has 138 valence electrons. The van der Waals surface area contributed by atoms with Gasteiger partial charge in [0.2, 0.25) is 5.88 Å². The number of amides is 1. The summed E-state index contributed by atoms with van der Waals surface area (Å²) >= 11 is 0. The summed E-state index contributed by atoms with van der Waals surface area (Å²) < 4.78 is 10.5. The number of aryl methyl sites for hydroxylation is 1. The Balaban J connectivity index is 1.84. The van der Waals surface area contributed by atoms with Gasteiger partial charge in [-0.05, 0) is 48.9 Å². The van der Waals surface area contributed by atoms with Gasteiger partial charge in [0.05, 0.1) is 31.9 Å². The average Bonchev–Trinajstić information content (AvgIpc) is 2.63. The first-order valence-corrected chi connectivity index (χ1v) is 8.65. The molecule has 0 spiro atoms. The SMILES string of the molecule is COc1ccc([C@@H](NC(=O)c2ccc(C)cc2OC)C2CC(O)C2)cn1. The van der Waals surface area contributed by atoms with Gasteiger partial charge in [0.15, 0.2) is 0 Å². The number of pyridine rings is 1. The van der Waals surface area contributed by atoms with Crippen molar-refractivity contribution < 1.29 is 19.4 Å². The van der Waals surface area contributed by atoms with Crippen LogP contribution in [0.4, 0.5) is 0 Å². The van der Waals surface area contributed by atoms with E-state index in [1.165, 1.54) is 0 Å². The van der Waals surface area contributed by atoms with Gasteiger partial charge in [0.1, 0.15) is 5.75 Å². The lowest BCUT2D eigenvalue weighted by molar-refractivity contribution is 0.0234. The number of rotatable bonds is 6. The number of nitrogens with one attached hydrogen (secondary N) is 1. The maximum Gasteiger partial charge on any atom is 0.255 e. The second kappa shape index (κ2) is 7.74. The largest absolute Gasteiger partial charge is 0.496 e. The Morgan fingerprint density at radius 2 is 2.00 bits per heavy atom. The zero-order valence-corrected chi connectivity index (χ0v) is 15.2. The van der Waals surface area contributed by atoms with Crippen LogP contribution in [0.3, 0.4) is 0 Å². The van der Waals surface area contributed by atoms with Crippen molar-refractivity contribution in [3.05, 3.63) is 53.2 Å². The summed E-state index contributed by atoms with van der Waals surface area (Å²) in [6.45, 7) is 1.95. The summed E-state index contributed by atoms with van der Waals surface area (Å²) in [5.41, 5.74) is 2.41. The highest BCUT2D eigenvalue weighted by Gasteiger charge is 2.36. The van der Waals surface area contributed by atoms with Gasteiger partial charge >= 0.3 is 0 Å². The van der Waals surface area contributed by atoms with Crippen LogP contribution < -0.4 is 14.8 Å². The number of carbonyl (C=O) groups excluding carboxylic acids is 1. The minimum Gasteiger partial charge on any atom is -0.496 e. The van der Waals surface area contributed by atoms with Crippen molar-refractivity contribution in [1.29, 1.82) is 0 Å². The normalized spacial score (nSPS) is 20.0. The van der Waals surface area contributed by atoms with Crippen LogP contribution in [0, 0.1) is 12.8 Å². The molecule has 1 aromatic carbocycles. The third-order valence-corrected chi connectivity index (χ3v) is 4.84. The van der Waals surface area contributed by atoms with Gasteiger partial charge in [0.25, 0.3) is 5.91 Å². The number of carbonyl (C=O) groups is 1. The Labute approximate surface area is 153 Å². The third kappa shape index (κ3) is 3.80. The van der Waals surface area contributed by atoms with Crippen molar-refractivity contribution >= 4 is 5.91 Å². The number of hydrogen-bond donors (Lipinski definition) is 2. The van der Waals surface area contributed by atoms with E-state index in [1.807, 2.05) is 25.1 Å². The van der Waals surface area contributed by atoms with Gasteiger partial charge in [-0.15, -0.1) is 0 Å². The Morgan fingerprint density at radius 3 is 2.58 bits per heavy atom. The van der Waals surface area contributed by atoms with E-state index in [0.29, 0.717) is 30.0 Å². The van der Waals surface area contributed by atoms with Gasteiger partial charge in [-0.25, -0.2) is 4.98 Å². The molecular formula is C20H24N2O4. The first-order valence-electron chi connectivity index (χ1n) is 8.65. The molecule has 1 heterocycles. The average molecular weight is 356 g/mol. The molecule has 6 heteroatoms. The number of ether oxygens (including phenoxy) is 2. The van der Waals surface area contributed by atoms with E-state index in [1.54, 1.807) is 32.5 Å². The first kappa shape index (κ1) is 18.2. The Morgan fingerprint density at radius 1 is 1.23 bits per heavy atom. The number of benzene rings is 1. The van der Waals surface area contributed by atoms with Crippen LogP contribution in [-0.2, 0) is 0 Å². The lowest BCUT2D eigenvalue weighted by Crippen LogP contribution is -2.41. The van der Waals surface area contributed by atoms with Gasteiger partial charge < -0.3 is 19.9 Å². The van der Waals surface area contributed by atoms with Crippen molar-refractivity contribution in [1.82, 2.24) is 10.3 Å². The van der Waals surface area contributed by atoms with Crippen LogP contribution in [-0.4, -0.2) is 36.3 Å². The molecule has 1 aromatic heterocycles. The number of nitrogens with zero attached hydrogens (tertiary/aromatic N) is 1. The van der Waals surface area contributed by atoms with E-state index < -0.39 is 0 Å². The lowest BCUT2D eigenvalue weighted by atomic mass is 9.75. The zero-order valence-electron chi connectivity index (χ0n) is 15.2. The second-order valence-electron chi connectivity index (χ2n) is 6.67. The summed E-state index contributed by atoms with van der Waals surface area (Å²) in [6, 6.07) is 8.93.